The van der Waals surface area contributed by atoms with Crippen molar-refractivity contribution in [2.45, 2.75) is 30.8 Å². The summed E-state index contributed by atoms with van der Waals surface area (Å²) in [6, 6.07) is 29.8. The van der Waals surface area contributed by atoms with Crippen molar-refractivity contribution in [1.29, 1.82) is 0 Å². The third kappa shape index (κ3) is 4.54. The highest BCUT2D eigenvalue weighted by Crippen LogP contribution is 2.49. The minimum Gasteiger partial charge on any atom is -0.472 e. The Bertz CT molecular complexity index is 2750. The first-order valence-corrected chi connectivity index (χ1v) is 16.8. The molecule has 4 aromatic heterocycles. The van der Waals surface area contributed by atoms with E-state index >= 15 is 0 Å². The minimum absolute atomic E-state index is 0.198. The van der Waals surface area contributed by atoms with Gasteiger partial charge in [-0.3, -0.25) is 9.59 Å². The number of nitrogens with zero attached hydrogens (tertiary/aromatic N) is 3. The second-order valence-corrected chi connectivity index (χ2v) is 13.3. The summed E-state index contributed by atoms with van der Waals surface area (Å²) in [6.07, 6.45) is 5.27. The zero-order chi connectivity index (χ0) is 34.2. The van der Waals surface area contributed by atoms with Gasteiger partial charge in [-0.2, -0.15) is 10.2 Å². The predicted molar refractivity (Wildman–Crippen MR) is 195 cm³/mol. The Hall–Kier alpha value is -6.75. The topological polar surface area (TPSA) is 157 Å². The van der Waals surface area contributed by atoms with Crippen LogP contribution in [0.2, 0.25) is 0 Å². The monoisotopic (exact) mass is 670 g/mol. The first-order chi connectivity index (χ1) is 25.0. The average Bonchev–Trinajstić information content (AvgIpc) is 3.86. The molecule has 11 nitrogen and oxygen atoms in total. The van der Waals surface area contributed by atoms with E-state index in [0.29, 0.717) is 10.8 Å². The van der Waals surface area contributed by atoms with E-state index < -0.39 is 0 Å². The van der Waals surface area contributed by atoms with Crippen molar-refractivity contribution in [3.05, 3.63) is 170 Å². The van der Waals surface area contributed by atoms with E-state index in [0.717, 1.165) is 72.9 Å². The molecule has 0 radical (unpaired) electrons. The van der Waals surface area contributed by atoms with Crippen LogP contribution in [0.5, 0.6) is 0 Å². The molecule has 0 bridgehead atoms. The molecule has 0 aliphatic carbocycles. The van der Waals surface area contributed by atoms with Crippen LogP contribution in [-0.4, -0.2) is 30.4 Å². The van der Waals surface area contributed by atoms with Crippen molar-refractivity contribution in [1.82, 2.24) is 30.4 Å². The van der Waals surface area contributed by atoms with Gasteiger partial charge < -0.3 is 20.0 Å². The summed E-state index contributed by atoms with van der Waals surface area (Å²) in [5.74, 6) is 0.258. The SMILES string of the molecule is Cc1c[nH]c(C2c3n[nH]c(=O)c4cc(-c5cccc(C6Nc7cccc8c(=O)[nH]nc(c78)C6c6ccoc6)c5)cc(c34)NC2c2ccccc2)n1. The van der Waals surface area contributed by atoms with Crippen LogP contribution in [0.25, 0.3) is 32.7 Å². The molecule has 51 heavy (non-hydrogen) atoms. The van der Waals surface area contributed by atoms with E-state index in [1.807, 2.05) is 67.7 Å². The number of aromatic amines is 3. The van der Waals surface area contributed by atoms with Gasteiger partial charge in [-0.25, -0.2) is 15.2 Å². The highest BCUT2D eigenvalue weighted by Gasteiger charge is 2.38. The van der Waals surface area contributed by atoms with Gasteiger partial charge in [-0.1, -0.05) is 54.6 Å². The van der Waals surface area contributed by atoms with Crippen molar-refractivity contribution < 1.29 is 4.42 Å². The molecule has 11 heteroatoms. The number of nitrogens with one attached hydrogen (secondary N) is 5. The van der Waals surface area contributed by atoms with Crippen LogP contribution >= 0.6 is 0 Å². The fraction of sp³-hybridized carbons (Fsp3) is 0.125. The molecule has 4 aromatic carbocycles. The largest absolute Gasteiger partial charge is 0.472 e. The van der Waals surface area contributed by atoms with E-state index in [1.165, 1.54) is 0 Å². The molecule has 4 unspecified atom stereocenters. The predicted octanol–water partition coefficient (Wildman–Crippen LogP) is 7.05. The molecule has 0 fully saturated rings. The first kappa shape index (κ1) is 29.2. The van der Waals surface area contributed by atoms with Gasteiger partial charge in [0, 0.05) is 33.9 Å². The number of hydrogen-bond acceptors (Lipinski definition) is 8. The number of benzene rings is 4. The third-order valence-corrected chi connectivity index (χ3v) is 10.3. The number of imidazole rings is 1. The van der Waals surface area contributed by atoms with Crippen molar-refractivity contribution in [3.63, 3.8) is 0 Å². The van der Waals surface area contributed by atoms with Crippen molar-refractivity contribution in [2.75, 3.05) is 10.6 Å². The number of aryl methyl sites for hydroxylation is 1. The maximum atomic E-state index is 13.5. The molecule has 4 atom stereocenters. The Kier molecular flexibility index (Phi) is 6.38. The summed E-state index contributed by atoms with van der Waals surface area (Å²) in [5.41, 5.74) is 8.44. The number of furan rings is 1. The van der Waals surface area contributed by atoms with Crippen LogP contribution in [0, 0.1) is 6.92 Å². The number of H-pyrrole nitrogens is 3. The molecule has 0 saturated carbocycles. The van der Waals surface area contributed by atoms with Crippen LogP contribution in [0.3, 0.4) is 0 Å². The van der Waals surface area contributed by atoms with Crippen molar-refractivity contribution >= 4 is 32.9 Å². The Labute approximate surface area is 289 Å². The minimum atomic E-state index is -0.268. The lowest BCUT2D eigenvalue weighted by Gasteiger charge is -2.34. The summed E-state index contributed by atoms with van der Waals surface area (Å²) in [5, 5.41) is 25.0. The highest BCUT2D eigenvalue weighted by atomic mass is 16.3. The van der Waals surface area contributed by atoms with Gasteiger partial charge in [0.25, 0.3) is 11.1 Å². The van der Waals surface area contributed by atoms with Gasteiger partial charge in [0.05, 0.1) is 64.3 Å². The molecule has 8 aromatic rings. The maximum Gasteiger partial charge on any atom is 0.272 e. The third-order valence-electron chi connectivity index (χ3n) is 10.3. The Balaban J connectivity index is 1.12. The summed E-state index contributed by atoms with van der Waals surface area (Å²) < 4.78 is 5.54. The fourth-order valence-corrected chi connectivity index (χ4v) is 8.04. The highest BCUT2D eigenvalue weighted by molar-refractivity contribution is 6.01. The van der Waals surface area contributed by atoms with Gasteiger partial charge in [0.2, 0.25) is 0 Å². The van der Waals surface area contributed by atoms with Crippen LogP contribution in [0.4, 0.5) is 11.4 Å². The van der Waals surface area contributed by atoms with E-state index in [4.69, 9.17) is 9.40 Å². The number of anilines is 2. The zero-order valence-electron chi connectivity index (χ0n) is 27.3. The second kappa shape index (κ2) is 11.1. The van der Waals surface area contributed by atoms with Crippen molar-refractivity contribution in [3.8, 4) is 11.1 Å². The molecule has 2 aliphatic rings. The fourth-order valence-electron chi connectivity index (χ4n) is 8.04. The van der Waals surface area contributed by atoms with Gasteiger partial charge >= 0.3 is 0 Å². The number of aromatic nitrogens is 6. The zero-order valence-corrected chi connectivity index (χ0v) is 27.3. The smallest absolute Gasteiger partial charge is 0.272 e. The molecular weight excluding hydrogens is 640 g/mol. The molecular formula is C40H30N8O3. The molecule has 5 N–H and O–H groups in total. The van der Waals surface area contributed by atoms with Crippen LogP contribution in [-0.2, 0) is 0 Å². The standard InChI is InChI=1S/C40H30N8O3/c1-20-18-41-38(42-20)33-34(21-7-3-2-4-8-21)44-29-17-25(16-27-32(29)37(33)46-48-40(27)50)22-9-5-10-23(15-22)35-30(24-13-14-51-19-24)36-31-26(39(49)47-45-36)11-6-12-28(31)43-35/h2-19,30,33-35,43-44H,1H3,(H,41,42)(H,47,49)(H,48,50). The lowest BCUT2D eigenvalue weighted by molar-refractivity contribution is 0.554. The van der Waals surface area contributed by atoms with Crippen LogP contribution in [0.1, 0.15) is 63.5 Å². The maximum absolute atomic E-state index is 13.5. The molecule has 2 aliphatic heterocycles. The van der Waals surface area contributed by atoms with Crippen LogP contribution in [0.15, 0.2) is 124 Å². The molecule has 6 heterocycles. The Morgan fingerprint density at radius 2 is 1.37 bits per heavy atom. The first-order valence-electron chi connectivity index (χ1n) is 16.8. The number of rotatable bonds is 5. The second-order valence-electron chi connectivity index (χ2n) is 13.3. The molecule has 248 valence electrons. The Morgan fingerprint density at radius 3 is 2.16 bits per heavy atom. The molecule has 0 saturated heterocycles. The summed E-state index contributed by atoms with van der Waals surface area (Å²) in [7, 11) is 0. The van der Waals surface area contributed by atoms with Gasteiger partial charge in [-0.05, 0) is 65.6 Å². The summed E-state index contributed by atoms with van der Waals surface area (Å²) >= 11 is 0. The molecule has 0 amide bonds. The van der Waals surface area contributed by atoms with Gasteiger partial charge in [0.1, 0.15) is 5.82 Å². The van der Waals surface area contributed by atoms with Gasteiger partial charge in [0.15, 0.2) is 0 Å². The average molecular weight is 671 g/mol. The van der Waals surface area contributed by atoms with E-state index in [9.17, 15) is 9.59 Å². The van der Waals surface area contributed by atoms with E-state index in [2.05, 4.69) is 72.4 Å². The summed E-state index contributed by atoms with van der Waals surface area (Å²) in [4.78, 5) is 34.4. The lowest BCUT2D eigenvalue weighted by Crippen LogP contribution is -2.29. The molecule has 0 spiro atoms. The van der Waals surface area contributed by atoms with Crippen molar-refractivity contribution in [2.24, 2.45) is 0 Å². The number of hydrogen-bond donors (Lipinski definition) is 5. The normalized spacial score (nSPS) is 19.2. The summed E-state index contributed by atoms with van der Waals surface area (Å²) in [6.45, 7) is 1.95. The quantitative estimate of drug-likeness (QED) is 0.130. The lowest BCUT2D eigenvalue weighted by atomic mass is 9.80. The van der Waals surface area contributed by atoms with E-state index in [-0.39, 0.29) is 35.0 Å². The van der Waals surface area contributed by atoms with E-state index in [1.54, 1.807) is 12.5 Å². The van der Waals surface area contributed by atoms with Crippen LogP contribution < -0.4 is 21.8 Å². The van der Waals surface area contributed by atoms with Gasteiger partial charge in [-0.15, -0.1) is 0 Å². The Morgan fingerprint density at radius 1 is 0.647 bits per heavy atom. The molecule has 10 rings (SSSR count).